The van der Waals surface area contributed by atoms with Crippen molar-refractivity contribution in [2.45, 2.75) is 57.7 Å². The number of guanidine groups is 1. The van der Waals surface area contributed by atoms with Gasteiger partial charge in [0.05, 0.1) is 0 Å². The lowest BCUT2D eigenvalue weighted by Crippen LogP contribution is -2.42. The second-order valence-corrected chi connectivity index (χ2v) is 7.22. The fourth-order valence-corrected chi connectivity index (χ4v) is 3.62. The Hall–Kier alpha value is -1.08. The Labute approximate surface area is 175 Å². The van der Waals surface area contributed by atoms with Crippen molar-refractivity contribution in [3.05, 3.63) is 47.5 Å². The van der Waals surface area contributed by atoms with Gasteiger partial charge in [0.25, 0.3) is 0 Å². The number of benzene rings is 1. The fourth-order valence-electron chi connectivity index (χ4n) is 3.62. The van der Waals surface area contributed by atoms with Crippen LogP contribution in [0.2, 0.25) is 0 Å². The third kappa shape index (κ3) is 6.91. The fraction of sp³-hybridized carbons (Fsp3) is 0.571. The predicted octanol–water partition coefficient (Wildman–Crippen LogP) is 4.06. The molecule has 1 heterocycles. The zero-order valence-electron chi connectivity index (χ0n) is 15.9. The van der Waals surface area contributed by atoms with Crippen LogP contribution < -0.4 is 10.6 Å². The van der Waals surface area contributed by atoms with Crippen molar-refractivity contribution in [2.24, 2.45) is 4.99 Å². The average molecular weight is 468 g/mol. The first-order valence-corrected chi connectivity index (χ1v) is 9.76. The molecule has 0 aromatic heterocycles. The summed E-state index contributed by atoms with van der Waals surface area (Å²) in [4.78, 5) is 6.93. The Morgan fingerprint density at radius 1 is 1.00 bits per heavy atom. The summed E-state index contributed by atoms with van der Waals surface area (Å²) >= 11 is 0. The van der Waals surface area contributed by atoms with Gasteiger partial charge in [0.2, 0.25) is 0 Å². The Bertz CT molecular complexity index is 566. The van der Waals surface area contributed by atoms with Crippen molar-refractivity contribution in [3.8, 4) is 0 Å². The quantitative estimate of drug-likeness (QED) is 0.296. The van der Waals surface area contributed by atoms with E-state index in [4.69, 9.17) is 0 Å². The molecule has 0 radical (unpaired) electrons. The van der Waals surface area contributed by atoms with E-state index >= 15 is 0 Å². The Morgan fingerprint density at radius 2 is 1.62 bits per heavy atom. The normalized spacial score (nSPS) is 19.0. The van der Waals surface area contributed by atoms with E-state index in [-0.39, 0.29) is 24.0 Å². The molecule has 0 spiro atoms. The van der Waals surface area contributed by atoms with E-state index in [0.717, 1.165) is 31.9 Å². The molecule has 1 aliphatic carbocycles. The summed E-state index contributed by atoms with van der Waals surface area (Å²) in [5.74, 6) is 0.891. The predicted molar refractivity (Wildman–Crippen MR) is 121 cm³/mol. The molecule has 144 valence electrons. The minimum absolute atomic E-state index is 0. The molecule has 26 heavy (non-hydrogen) atoms. The summed E-state index contributed by atoms with van der Waals surface area (Å²) in [6.45, 7) is 4.40. The van der Waals surface area contributed by atoms with Gasteiger partial charge in [-0.15, -0.1) is 24.0 Å². The van der Waals surface area contributed by atoms with Crippen LogP contribution in [0.1, 0.15) is 49.7 Å². The summed E-state index contributed by atoms with van der Waals surface area (Å²) in [5, 5.41) is 6.90. The lowest BCUT2D eigenvalue weighted by Gasteiger charge is -2.20. The highest BCUT2D eigenvalue weighted by Crippen LogP contribution is 2.14. The third-order valence-electron chi connectivity index (χ3n) is 5.16. The zero-order valence-corrected chi connectivity index (χ0v) is 18.2. The van der Waals surface area contributed by atoms with Gasteiger partial charge in [0.15, 0.2) is 5.96 Å². The van der Waals surface area contributed by atoms with Crippen molar-refractivity contribution in [1.82, 2.24) is 15.5 Å². The molecule has 1 aromatic carbocycles. The van der Waals surface area contributed by atoms with Crippen LogP contribution in [-0.2, 0) is 13.1 Å². The molecule has 0 atom stereocenters. The molecule has 0 unspecified atom stereocenters. The second-order valence-electron chi connectivity index (χ2n) is 7.22. The number of likely N-dealkylation sites (tertiary alicyclic amines) is 1. The monoisotopic (exact) mass is 468 g/mol. The van der Waals surface area contributed by atoms with Crippen molar-refractivity contribution in [3.63, 3.8) is 0 Å². The van der Waals surface area contributed by atoms with Crippen LogP contribution in [0, 0.1) is 0 Å². The first-order chi connectivity index (χ1) is 12.3. The number of hydrogen-bond acceptors (Lipinski definition) is 2. The minimum atomic E-state index is 0. The van der Waals surface area contributed by atoms with Crippen LogP contribution in [0.3, 0.4) is 0 Å². The maximum Gasteiger partial charge on any atom is 0.191 e. The van der Waals surface area contributed by atoms with Gasteiger partial charge in [0, 0.05) is 26.2 Å². The van der Waals surface area contributed by atoms with Crippen molar-refractivity contribution in [1.29, 1.82) is 0 Å². The second kappa shape index (κ2) is 11.6. The lowest BCUT2D eigenvalue weighted by molar-refractivity contribution is 0.277. The molecule has 0 amide bonds. The first kappa shape index (κ1) is 21.2. The van der Waals surface area contributed by atoms with E-state index in [1.807, 2.05) is 7.05 Å². The molecule has 5 heteroatoms. The summed E-state index contributed by atoms with van der Waals surface area (Å²) in [5.41, 5.74) is 2.72. The van der Waals surface area contributed by atoms with Gasteiger partial charge in [-0.2, -0.15) is 0 Å². The molecule has 1 aromatic rings. The molecular formula is C21H33IN4. The van der Waals surface area contributed by atoms with Gasteiger partial charge in [-0.25, -0.2) is 0 Å². The third-order valence-corrected chi connectivity index (χ3v) is 5.16. The van der Waals surface area contributed by atoms with Crippen molar-refractivity contribution >= 4 is 29.9 Å². The van der Waals surface area contributed by atoms with Gasteiger partial charge < -0.3 is 10.6 Å². The van der Waals surface area contributed by atoms with Crippen molar-refractivity contribution in [2.75, 3.05) is 20.1 Å². The molecule has 0 bridgehead atoms. The molecular weight excluding hydrogens is 435 g/mol. The summed E-state index contributed by atoms with van der Waals surface area (Å²) in [6.07, 6.45) is 12.1. The highest BCUT2D eigenvalue weighted by molar-refractivity contribution is 14.0. The number of rotatable bonds is 5. The largest absolute Gasteiger partial charge is 0.353 e. The van der Waals surface area contributed by atoms with E-state index in [9.17, 15) is 0 Å². The number of halogens is 1. The summed E-state index contributed by atoms with van der Waals surface area (Å²) in [7, 11) is 1.84. The van der Waals surface area contributed by atoms with Crippen LogP contribution >= 0.6 is 24.0 Å². The van der Waals surface area contributed by atoms with Crippen LogP contribution in [0.15, 0.2) is 41.4 Å². The SMILES string of the molecule is CN=C(NCc1ccc(CN2CCCCCC2)cc1)NC1CC=CC1.I. The van der Waals surface area contributed by atoms with Crippen LogP contribution in [0.4, 0.5) is 0 Å². The minimum Gasteiger partial charge on any atom is -0.353 e. The maximum absolute atomic E-state index is 4.33. The van der Waals surface area contributed by atoms with Crippen LogP contribution in [0.5, 0.6) is 0 Å². The molecule has 2 N–H and O–H groups in total. The average Bonchev–Trinajstić information content (AvgIpc) is 3.02. The van der Waals surface area contributed by atoms with Crippen LogP contribution in [-0.4, -0.2) is 37.0 Å². The number of aliphatic imine (C=N–C) groups is 1. The first-order valence-electron chi connectivity index (χ1n) is 9.76. The van der Waals surface area contributed by atoms with Gasteiger partial charge >= 0.3 is 0 Å². The van der Waals surface area contributed by atoms with Crippen LogP contribution in [0.25, 0.3) is 0 Å². The Morgan fingerprint density at radius 3 is 2.23 bits per heavy atom. The molecule has 1 saturated heterocycles. The highest BCUT2D eigenvalue weighted by atomic mass is 127. The van der Waals surface area contributed by atoms with E-state index in [2.05, 4.69) is 56.9 Å². The summed E-state index contributed by atoms with van der Waals surface area (Å²) in [6, 6.07) is 9.52. The van der Waals surface area contributed by atoms with Gasteiger partial charge in [-0.05, 0) is 49.9 Å². The van der Waals surface area contributed by atoms with E-state index < -0.39 is 0 Å². The Balaban J connectivity index is 0.00000243. The molecule has 2 aliphatic rings. The topological polar surface area (TPSA) is 39.7 Å². The lowest BCUT2D eigenvalue weighted by atomic mass is 10.1. The molecule has 1 fully saturated rings. The zero-order chi connectivity index (χ0) is 17.3. The Kier molecular flexibility index (Phi) is 9.46. The molecule has 0 saturated carbocycles. The maximum atomic E-state index is 4.33. The standard InChI is InChI=1S/C21H32N4.HI/c1-22-21(24-20-8-4-5-9-20)23-16-18-10-12-19(13-11-18)17-25-14-6-2-3-7-15-25;/h4-5,10-13,20H,2-3,6-9,14-17H2,1H3,(H2,22,23,24);1H. The smallest absolute Gasteiger partial charge is 0.191 e. The number of nitrogens with one attached hydrogen (secondary N) is 2. The molecule has 3 rings (SSSR count). The van der Waals surface area contributed by atoms with E-state index in [1.54, 1.807) is 0 Å². The number of nitrogens with zero attached hydrogens (tertiary/aromatic N) is 2. The highest BCUT2D eigenvalue weighted by Gasteiger charge is 2.12. The van der Waals surface area contributed by atoms with Gasteiger partial charge in [0.1, 0.15) is 0 Å². The van der Waals surface area contributed by atoms with E-state index in [1.165, 1.54) is 49.9 Å². The van der Waals surface area contributed by atoms with Gasteiger partial charge in [-0.1, -0.05) is 49.3 Å². The summed E-state index contributed by atoms with van der Waals surface area (Å²) < 4.78 is 0. The molecule has 1 aliphatic heterocycles. The van der Waals surface area contributed by atoms with Crippen molar-refractivity contribution < 1.29 is 0 Å². The van der Waals surface area contributed by atoms with E-state index in [0.29, 0.717) is 6.04 Å². The van der Waals surface area contributed by atoms with Gasteiger partial charge in [-0.3, -0.25) is 9.89 Å². The number of hydrogen-bond donors (Lipinski definition) is 2. The molecule has 4 nitrogen and oxygen atoms in total.